The molecule has 5 heteroatoms. The molecule has 0 heterocycles. The first-order valence-corrected chi connectivity index (χ1v) is 9.13. The number of benzene rings is 3. The van der Waals surface area contributed by atoms with Crippen LogP contribution in [0, 0.1) is 5.82 Å². The summed E-state index contributed by atoms with van der Waals surface area (Å²) in [5.74, 6) is 0.987. The molecular weight excluding hydrogens is 357 g/mol. The summed E-state index contributed by atoms with van der Waals surface area (Å²) >= 11 is 0. The summed E-state index contributed by atoms with van der Waals surface area (Å²) in [4.78, 5) is 0. The summed E-state index contributed by atoms with van der Waals surface area (Å²) < 4.78 is 24.2. The van der Waals surface area contributed by atoms with Gasteiger partial charge in [-0.25, -0.2) is 4.39 Å². The Morgan fingerprint density at radius 2 is 1.64 bits per heavy atom. The van der Waals surface area contributed by atoms with Crippen LogP contribution in [-0.2, 0) is 13.2 Å². The maximum Gasteiger partial charge on any atom is 0.161 e. The van der Waals surface area contributed by atoms with Crippen molar-refractivity contribution in [3.63, 3.8) is 0 Å². The molecule has 0 unspecified atom stereocenters. The fraction of sp³-hybridized carbons (Fsp3) is 0.217. The van der Waals surface area contributed by atoms with Crippen LogP contribution >= 0.6 is 0 Å². The molecule has 2 N–H and O–H groups in total. The largest absolute Gasteiger partial charge is 0.493 e. The quantitative estimate of drug-likeness (QED) is 0.582. The zero-order valence-corrected chi connectivity index (χ0v) is 15.8. The number of hydrogen-bond acceptors (Lipinski definition) is 4. The number of hydrogen-bond donors (Lipinski definition) is 2. The zero-order chi connectivity index (χ0) is 19.8. The van der Waals surface area contributed by atoms with E-state index in [2.05, 4.69) is 5.32 Å². The van der Waals surface area contributed by atoms with Crippen LogP contribution in [-0.4, -0.2) is 18.8 Å². The van der Waals surface area contributed by atoms with E-state index in [9.17, 15) is 9.50 Å². The molecular formula is C23H24FNO3. The van der Waals surface area contributed by atoms with Gasteiger partial charge in [0, 0.05) is 13.1 Å². The molecule has 0 aliphatic carbocycles. The van der Waals surface area contributed by atoms with Crippen LogP contribution in [0.25, 0.3) is 0 Å². The van der Waals surface area contributed by atoms with Gasteiger partial charge in [-0.15, -0.1) is 0 Å². The Bertz CT molecular complexity index is 869. The van der Waals surface area contributed by atoms with E-state index < -0.39 is 6.10 Å². The molecule has 0 radical (unpaired) electrons. The lowest BCUT2D eigenvalue weighted by atomic mass is 10.1. The van der Waals surface area contributed by atoms with Gasteiger partial charge in [-0.05, 0) is 41.0 Å². The highest BCUT2D eigenvalue weighted by molar-refractivity contribution is 5.43. The number of ether oxygens (including phenoxy) is 2. The predicted octanol–water partition coefficient (Wildman–Crippen LogP) is 4.24. The molecule has 0 bridgehead atoms. The van der Waals surface area contributed by atoms with E-state index in [0.717, 1.165) is 16.7 Å². The summed E-state index contributed by atoms with van der Waals surface area (Å²) in [6.45, 7) is 1.38. The lowest BCUT2D eigenvalue weighted by molar-refractivity contribution is 0.174. The Kier molecular flexibility index (Phi) is 7.00. The van der Waals surface area contributed by atoms with Gasteiger partial charge in [0.2, 0.25) is 0 Å². The number of halogens is 1. The molecule has 3 aromatic carbocycles. The molecule has 3 aromatic rings. The van der Waals surface area contributed by atoms with Gasteiger partial charge in [0.15, 0.2) is 11.5 Å². The van der Waals surface area contributed by atoms with Crippen molar-refractivity contribution in [1.82, 2.24) is 5.32 Å². The van der Waals surface area contributed by atoms with Gasteiger partial charge < -0.3 is 19.9 Å². The number of nitrogens with one attached hydrogen (secondary N) is 1. The molecule has 0 aromatic heterocycles. The van der Waals surface area contributed by atoms with Crippen LogP contribution in [0.2, 0.25) is 0 Å². The van der Waals surface area contributed by atoms with Gasteiger partial charge in [-0.2, -0.15) is 0 Å². The van der Waals surface area contributed by atoms with Crippen molar-refractivity contribution >= 4 is 0 Å². The number of aliphatic hydroxyl groups excluding tert-OH is 1. The molecule has 0 aliphatic rings. The van der Waals surface area contributed by atoms with E-state index in [1.807, 2.05) is 48.5 Å². The van der Waals surface area contributed by atoms with E-state index in [1.54, 1.807) is 19.2 Å². The molecule has 0 spiro atoms. The van der Waals surface area contributed by atoms with E-state index >= 15 is 0 Å². The summed E-state index contributed by atoms with van der Waals surface area (Å²) in [5.41, 5.74) is 2.78. The van der Waals surface area contributed by atoms with Crippen LogP contribution in [0.5, 0.6) is 11.5 Å². The Labute approximate surface area is 164 Å². The van der Waals surface area contributed by atoms with E-state index in [4.69, 9.17) is 9.47 Å². The molecule has 0 fully saturated rings. The van der Waals surface area contributed by atoms with Crippen molar-refractivity contribution in [2.24, 2.45) is 0 Å². The van der Waals surface area contributed by atoms with Crippen molar-refractivity contribution < 1.29 is 19.0 Å². The summed E-state index contributed by atoms with van der Waals surface area (Å²) in [5, 5.41) is 13.5. The molecule has 4 nitrogen and oxygen atoms in total. The lowest BCUT2D eigenvalue weighted by Gasteiger charge is -2.14. The molecule has 0 amide bonds. The minimum Gasteiger partial charge on any atom is -0.493 e. The normalized spacial score (nSPS) is 11.8. The molecule has 0 saturated carbocycles. The van der Waals surface area contributed by atoms with Crippen molar-refractivity contribution in [2.45, 2.75) is 19.3 Å². The lowest BCUT2D eigenvalue weighted by Crippen LogP contribution is -2.21. The third-order valence-corrected chi connectivity index (χ3v) is 4.39. The maximum absolute atomic E-state index is 13.0. The smallest absolute Gasteiger partial charge is 0.161 e. The molecule has 0 aliphatic heterocycles. The average molecular weight is 381 g/mol. The first-order chi connectivity index (χ1) is 13.7. The summed E-state index contributed by atoms with van der Waals surface area (Å²) in [7, 11) is 1.59. The van der Waals surface area contributed by atoms with Crippen LogP contribution in [0.1, 0.15) is 22.8 Å². The SMILES string of the molecule is COc1cc(CNC[C@@H](O)c2ccccc2)ccc1OCc1ccc(F)cc1. The fourth-order valence-electron chi connectivity index (χ4n) is 2.83. The van der Waals surface area contributed by atoms with Gasteiger partial charge in [-0.3, -0.25) is 0 Å². The standard InChI is InChI=1S/C23H24FNO3/c1-27-23-13-18(14-25-15-21(26)19-5-3-2-4-6-19)9-12-22(23)28-16-17-7-10-20(24)11-8-17/h2-13,21,25-26H,14-16H2,1H3/t21-/m1/s1. The van der Waals surface area contributed by atoms with Gasteiger partial charge in [0.05, 0.1) is 13.2 Å². The van der Waals surface area contributed by atoms with Crippen molar-refractivity contribution in [1.29, 1.82) is 0 Å². The van der Waals surface area contributed by atoms with Gasteiger partial charge in [-0.1, -0.05) is 48.5 Å². The van der Waals surface area contributed by atoms with Crippen molar-refractivity contribution in [2.75, 3.05) is 13.7 Å². The minimum absolute atomic E-state index is 0.268. The summed E-state index contributed by atoms with van der Waals surface area (Å²) in [6, 6.07) is 21.5. The second-order valence-electron chi connectivity index (χ2n) is 6.46. The van der Waals surface area contributed by atoms with E-state index in [0.29, 0.717) is 31.2 Å². The Hall–Kier alpha value is -2.89. The molecule has 0 saturated heterocycles. The third-order valence-electron chi connectivity index (χ3n) is 4.39. The van der Waals surface area contributed by atoms with Gasteiger partial charge >= 0.3 is 0 Å². The Morgan fingerprint density at radius 1 is 0.929 bits per heavy atom. The molecule has 28 heavy (non-hydrogen) atoms. The van der Waals surface area contributed by atoms with E-state index in [-0.39, 0.29) is 5.82 Å². The van der Waals surface area contributed by atoms with Gasteiger partial charge in [0.25, 0.3) is 0 Å². The number of rotatable bonds is 9. The molecule has 1 atom stereocenters. The van der Waals surface area contributed by atoms with Crippen molar-refractivity contribution in [3.8, 4) is 11.5 Å². The van der Waals surface area contributed by atoms with E-state index in [1.165, 1.54) is 12.1 Å². The predicted molar refractivity (Wildman–Crippen MR) is 107 cm³/mol. The second-order valence-corrected chi connectivity index (χ2v) is 6.46. The average Bonchev–Trinajstić information content (AvgIpc) is 2.74. The molecule has 3 rings (SSSR count). The highest BCUT2D eigenvalue weighted by Crippen LogP contribution is 2.29. The monoisotopic (exact) mass is 381 g/mol. The highest BCUT2D eigenvalue weighted by atomic mass is 19.1. The van der Waals surface area contributed by atoms with Crippen molar-refractivity contribution in [3.05, 3.63) is 95.3 Å². The number of aliphatic hydroxyl groups is 1. The topological polar surface area (TPSA) is 50.7 Å². The Morgan fingerprint density at radius 3 is 2.36 bits per heavy atom. The second kappa shape index (κ2) is 9.88. The number of methoxy groups -OCH3 is 1. The first kappa shape index (κ1) is 19.9. The third kappa shape index (κ3) is 5.55. The molecule has 146 valence electrons. The Balaban J connectivity index is 1.54. The van der Waals surface area contributed by atoms with Crippen LogP contribution < -0.4 is 14.8 Å². The van der Waals surface area contributed by atoms with Crippen LogP contribution in [0.15, 0.2) is 72.8 Å². The fourth-order valence-corrected chi connectivity index (χ4v) is 2.83. The van der Waals surface area contributed by atoms with Gasteiger partial charge in [0.1, 0.15) is 12.4 Å². The van der Waals surface area contributed by atoms with Crippen LogP contribution in [0.3, 0.4) is 0 Å². The zero-order valence-electron chi connectivity index (χ0n) is 15.8. The summed E-state index contributed by atoms with van der Waals surface area (Å²) in [6.07, 6.45) is -0.554. The first-order valence-electron chi connectivity index (χ1n) is 9.13. The highest BCUT2D eigenvalue weighted by Gasteiger charge is 2.09. The van der Waals surface area contributed by atoms with Crippen LogP contribution in [0.4, 0.5) is 4.39 Å². The minimum atomic E-state index is -0.554. The maximum atomic E-state index is 13.0.